The van der Waals surface area contributed by atoms with Crippen LogP contribution >= 0.6 is 35.1 Å². The molecule has 0 radical (unpaired) electrons. The first-order valence-electron chi connectivity index (χ1n) is 11.8. The number of pyridine rings is 1. The number of halogens is 1. The van der Waals surface area contributed by atoms with Gasteiger partial charge in [0.2, 0.25) is 0 Å². The van der Waals surface area contributed by atoms with E-state index in [4.69, 9.17) is 26.1 Å². The Balaban J connectivity index is 1.50. The molecule has 6 N–H and O–H groups in total. The molecule has 4 rings (SSSR count). The Labute approximate surface area is 245 Å². The summed E-state index contributed by atoms with van der Waals surface area (Å²) in [7, 11) is -17.0. The summed E-state index contributed by atoms with van der Waals surface area (Å²) in [5.74, 6) is 0. The molecule has 0 aliphatic carbocycles. The molecule has 3 aromatic rings. The van der Waals surface area contributed by atoms with Crippen molar-refractivity contribution in [2.45, 2.75) is 31.1 Å². The molecule has 1 saturated heterocycles. The Morgan fingerprint density at radius 2 is 1.58 bits per heavy atom. The Hall–Kier alpha value is -2.37. The van der Waals surface area contributed by atoms with E-state index in [2.05, 4.69) is 18.1 Å². The second kappa shape index (κ2) is 12.9. The number of nitrogens with zero attached hydrogens (tertiary/aromatic N) is 3. The van der Waals surface area contributed by atoms with Crippen molar-refractivity contribution in [3.8, 4) is 11.1 Å². The molecule has 234 valence electrons. The number of hydrogen-bond acceptors (Lipinski definition) is 12. The lowest BCUT2D eigenvalue weighted by Gasteiger charge is -2.19. The molecule has 0 amide bonds. The second-order valence-corrected chi connectivity index (χ2v) is 13.8. The van der Waals surface area contributed by atoms with Gasteiger partial charge in [0.05, 0.1) is 18.8 Å². The first-order chi connectivity index (χ1) is 19.9. The van der Waals surface area contributed by atoms with Crippen LogP contribution in [0.1, 0.15) is 11.9 Å². The molecule has 3 unspecified atom stereocenters. The number of aliphatic hydroxyl groups is 2. The topological polar surface area (TPSA) is 266 Å². The monoisotopic (exact) mass is 685 g/mol. The highest BCUT2D eigenvalue weighted by Gasteiger charge is 2.47. The van der Waals surface area contributed by atoms with Crippen LogP contribution in [0.4, 0.5) is 0 Å². The summed E-state index contributed by atoms with van der Waals surface area (Å²) in [4.78, 5) is 66.1. The summed E-state index contributed by atoms with van der Waals surface area (Å²) in [5.41, 5.74) is 0.145. The predicted molar refractivity (Wildman–Crippen MR) is 144 cm³/mol. The van der Waals surface area contributed by atoms with Gasteiger partial charge in [0.1, 0.15) is 18.3 Å². The van der Waals surface area contributed by atoms with Crippen molar-refractivity contribution in [3.63, 3.8) is 0 Å². The van der Waals surface area contributed by atoms with Crippen molar-refractivity contribution < 1.29 is 61.4 Å². The maximum Gasteiger partial charge on any atom is 0.490 e. The number of aromatic nitrogens is 3. The fraction of sp³-hybridized carbons (Fsp3) is 0.286. The van der Waals surface area contributed by atoms with Crippen molar-refractivity contribution in [2.24, 2.45) is 0 Å². The van der Waals surface area contributed by atoms with Gasteiger partial charge in [-0.15, -0.1) is 0 Å². The van der Waals surface area contributed by atoms with Crippen molar-refractivity contribution >= 4 is 35.1 Å². The first-order valence-corrected chi connectivity index (χ1v) is 16.7. The minimum atomic E-state index is -5.80. The lowest BCUT2D eigenvalue weighted by Crippen LogP contribution is -2.43. The van der Waals surface area contributed by atoms with Gasteiger partial charge in [0, 0.05) is 23.5 Å². The van der Waals surface area contributed by atoms with E-state index in [9.17, 15) is 43.3 Å². The number of ether oxygens (including phenoxy) is 1. The standard InChI is InChI=1S/C21H23ClN3O15P3/c22-14-3-1-12(2-4-14)13-5-7-23-15(9-13)10-25-17(26)6-8-24(21(25)29)20-19(28)18(27)16(38-20)11-37-42(33,34)40-43(35,36)39-41(30,31)32/h1-9,16,18-20,27-28H,10-11H2,(H,33,34)(H,35,36)(H2,30,31,32)/t16-,18+,19?,20-/m1/s1. The predicted octanol–water partition coefficient (Wildman–Crippen LogP) is 0.736. The zero-order valence-electron chi connectivity index (χ0n) is 21.3. The van der Waals surface area contributed by atoms with Gasteiger partial charge >= 0.3 is 29.2 Å². The smallest absolute Gasteiger partial charge is 0.387 e. The minimum Gasteiger partial charge on any atom is -0.387 e. The van der Waals surface area contributed by atoms with Crippen LogP contribution in [-0.4, -0.2) is 68.8 Å². The lowest BCUT2D eigenvalue weighted by atomic mass is 10.1. The molecule has 6 atom stereocenters. The maximum absolute atomic E-state index is 13.3. The summed E-state index contributed by atoms with van der Waals surface area (Å²) in [6.45, 7) is -1.38. The molecule has 2 aromatic heterocycles. The molecular weight excluding hydrogens is 663 g/mol. The van der Waals surface area contributed by atoms with Crippen molar-refractivity contribution in [1.29, 1.82) is 0 Å². The molecule has 3 heterocycles. The van der Waals surface area contributed by atoms with Crippen molar-refractivity contribution in [1.82, 2.24) is 14.1 Å². The molecule has 18 nitrogen and oxygen atoms in total. The number of rotatable bonds is 11. The van der Waals surface area contributed by atoms with Crippen LogP contribution in [0.25, 0.3) is 11.1 Å². The van der Waals surface area contributed by atoms with Gasteiger partial charge in [0.25, 0.3) is 5.56 Å². The van der Waals surface area contributed by atoms with E-state index in [-0.39, 0.29) is 6.54 Å². The van der Waals surface area contributed by atoms with Gasteiger partial charge in [0.15, 0.2) is 6.23 Å². The van der Waals surface area contributed by atoms with E-state index in [1.165, 1.54) is 6.20 Å². The highest BCUT2D eigenvalue weighted by atomic mass is 35.5. The Bertz CT molecular complexity index is 1740. The summed E-state index contributed by atoms with van der Waals surface area (Å²) < 4.78 is 52.8. The molecule has 0 spiro atoms. The number of phosphoric acid groups is 3. The zero-order valence-corrected chi connectivity index (χ0v) is 24.8. The lowest BCUT2D eigenvalue weighted by molar-refractivity contribution is -0.0547. The SMILES string of the molecule is O=c1ccn([C@@H]2O[C@H](COP(=O)(O)OP(=O)(O)OP(=O)(O)O)[C@H](O)C2O)c(=O)n1Cc1cc(-c2ccc(Cl)cc2)ccn1. The summed E-state index contributed by atoms with van der Waals surface area (Å²) in [5, 5.41) is 21.4. The molecule has 1 aliphatic heterocycles. The van der Waals surface area contributed by atoms with Crippen molar-refractivity contribution in [2.75, 3.05) is 6.61 Å². The minimum absolute atomic E-state index is 0.291. The highest BCUT2D eigenvalue weighted by molar-refractivity contribution is 7.66. The maximum atomic E-state index is 13.3. The molecule has 22 heteroatoms. The first kappa shape index (κ1) is 33.5. The summed E-state index contributed by atoms with van der Waals surface area (Å²) >= 11 is 5.93. The average molecular weight is 686 g/mol. The molecule has 1 fully saturated rings. The Morgan fingerprint density at radius 3 is 2.23 bits per heavy atom. The summed E-state index contributed by atoms with van der Waals surface area (Å²) in [6.07, 6.45) is -4.52. The average Bonchev–Trinajstić information content (AvgIpc) is 3.17. The summed E-state index contributed by atoms with van der Waals surface area (Å²) in [6, 6.07) is 11.3. The fourth-order valence-electron chi connectivity index (χ4n) is 3.99. The number of benzene rings is 1. The van der Waals surface area contributed by atoms with Gasteiger partial charge in [-0.3, -0.25) is 23.4 Å². The third-order valence-corrected chi connectivity index (χ3v) is 9.89. The second-order valence-electron chi connectivity index (χ2n) is 8.91. The van der Waals surface area contributed by atoms with Crippen LogP contribution in [0, 0.1) is 0 Å². The van der Waals surface area contributed by atoms with Gasteiger partial charge in [-0.2, -0.15) is 8.62 Å². The van der Waals surface area contributed by atoms with Gasteiger partial charge in [-0.1, -0.05) is 23.7 Å². The highest BCUT2D eigenvalue weighted by Crippen LogP contribution is 2.66. The van der Waals surface area contributed by atoms with Crippen LogP contribution in [0.5, 0.6) is 0 Å². The van der Waals surface area contributed by atoms with E-state index < -0.39 is 65.9 Å². The van der Waals surface area contributed by atoms with Crippen molar-refractivity contribution in [3.05, 3.63) is 86.4 Å². The molecule has 43 heavy (non-hydrogen) atoms. The largest absolute Gasteiger partial charge is 0.490 e. The van der Waals surface area contributed by atoms with Crippen LogP contribution in [0.2, 0.25) is 5.02 Å². The number of phosphoric ester groups is 1. The van der Waals surface area contributed by atoms with Crippen LogP contribution < -0.4 is 11.2 Å². The van der Waals surface area contributed by atoms with Gasteiger partial charge in [-0.05, 0) is 35.4 Å². The van der Waals surface area contributed by atoms with E-state index in [1.807, 2.05) is 0 Å². The fourth-order valence-corrected chi connectivity index (χ4v) is 7.14. The normalized spacial score (nSPS) is 23.5. The molecule has 0 saturated carbocycles. The third kappa shape index (κ3) is 8.63. The molecule has 1 aliphatic rings. The van der Waals surface area contributed by atoms with E-state index in [0.717, 1.165) is 32.5 Å². The van der Waals surface area contributed by atoms with E-state index in [0.29, 0.717) is 10.7 Å². The quantitative estimate of drug-likeness (QED) is 0.152. The van der Waals surface area contributed by atoms with Gasteiger partial charge < -0.3 is 34.5 Å². The van der Waals surface area contributed by atoms with Crippen LogP contribution in [-0.2, 0) is 38.1 Å². The van der Waals surface area contributed by atoms with Gasteiger partial charge in [-0.25, -0.2) is 18.5 Å². The van der Waals surface area contributed by atoms with Crippen LogP contribution in [0.15, 0.2) is 64.4 Å². The molecular formula is C21H23ClN3O15P3. The Kier molecular flexibility index (Phi) is 10.1. The third-order valence-electron chi connectivity index (χ3n) is 5.84. The number of aliphatic hydroxyl groups excluding tert-OH is 2. The number of hydrogen-bond donors (Lipinski definition) is 6. The molecule has 0 bridgehead atoms. The van der Waals surface area contributed by atoms with Crippen LogP contribution in [0.3, 0.4) is 0 Å². The van der Waals surface area contributed by atoms with E-state index in [1.54, 1.807) is 36.4 Å². The Morgan fingerprint density at radius 1 is 0.907 bits per heavy atom. The molecule has 1 aromatic carbocycles. The zero-order chi connectivity index (χ0) is 31.7. The van der Waals surface area contributed by atoms with E-state index >= 15 is 0 Å².